The minimum Gasteiger partial charge on any atom is -0.503 e. The third-order valence-corrected chi connectivity index (χ3v) is 4.64. The fraction of sp³-hybridized carbons (Fsp3) is 0. The molecule has 0 radical (unpaired) electrons. The highest BCUT2D eigenvalue weighted by molar-refractivity contribution is 9.10. The van der Waals surface area contributed by atoms with Crippen molar-refractivity contribution in [1.82, 2.24) is 0 Å². The fourth-order valence-corrected chi connectivity index (χ4v) is 3.40. The molecule has 0 aliphatic heterocycles. The van der Waals surface area contributed by atoms with E-state index < -0.39 is 11.6 Å². The van der Waals surface area contributed by atoms with Gasteiger partial charge in [0.15, 0.2) is 11.5 Å². The molecule has 22 heavy (non-hydrogen) atoms. The van der Waals surface area contributed by atoms with Gasteiger partial charge >= 0.3 is 0 Å². The van der Waals surface area contributed by atoms with E-state index in [0.29, 0.717) is 4.47 Å². The van der Waals surface area contributed by atoms with Crippen LogP contribution in [0.1, 0.15) is 0 Å². The van der Waals surface area contributed by atoms with Crippen LogP contribution in [-0.4, -0.2) is 5.11 Å². The van der Waals surface area contributed by atoms with Crippen molar-refractivity contribution in [2.24, 2.45) is 0 Å². The van der Waals surface area contributed by atoms with E-state index in [4.69, 9.17) is 4.74 Å². The summed E-state index contributed by atoms with van der Waals surface area (Å²) in [6.45, 7) is 0. The normalized spacial score (nSPS) is 10.7. The number of hydrogen-bond donors (Lipinski definition) is 1. The molecule has 1 aromatic heterocycles. The Hall–Kier alpha value is -1.92. The first-order chi connectivity index (χ1) is 10.5. The van der Waals surface area contributed by atoms with Crippen LogP contribution in [0.3, 0.4) is 0 Å². The van der Waals surface area contributed by atoms with Crippen LogP contribution in [0.5, 0.6) is 17.2 Å². The molecule has 2 nitrogen and oxygen atoms in total. The predicted molar refractivity (Wildman–Crippen MR) is 85.6 cm³/mol. The third kappa shape index (κ3) is 2.98. The second-order valence-corrected chi connectivity index (χ2v) is 6.20. The number of halogens is 3. The molecule has 112 valence electrons. The van der Waals surface area contributed by atoms with Crippen LogP contribution in [-0.2, 0) is 0 Å². The highest BCUT2D eigenvalue weighted by Gasteiger charge is 2.14. The lowest BCUT2D eigenvalue weighted by atomic mass is 10.1. The average molecular weight is 383 g/mol. The zero-order valence-electron chi connectivity index (χ0n) is 11.0. The zero-order valence-corrected chi connectivity index (χ0v) is 13.4. The topological polar surface area (TPSA) is 29.5 Å². The van der Waals surface area contributed by atoms with E-state index in [9.17, 15) is 13.9 Å². The largest absolute Gasteiger partial charge is 0.503 e. The van der Waals surface area contributed by atoms with Crippen molar-refractivity contribution < 1.29 is 18.6 Å². The van der Waals surface area contributed by atoms with E-state index in [-0.39, 0.29) is 17.2 Å². The molecule has 0 amide bonds. The number of ether oxygens (including phenoxy) is 1. The molecule has 1 N–H and O–H groups in total. The molecule has 0 fully saturated rings. The molecule has 3 rings (SSSR count). The van der Waals surface area contributed by atoms with Crippen LogP contribution in [0.25, 0.3) is 10.4 Å². The van der Waals surface area contributed by atoms with Crippen LogP contribution in [0.2, 0.25) is 0 Å². The summed E-state index contributed by atoms with van der Waals surface area (Å²) in [7, 11) is 0. The van der Waals surface area contributed by atoms with Gasteiger partial charge in [-0.1, -0.05) is 6.07 Å². The summed E-state index contributed by atoms with van der Waals surface area (Å²) >= 11 is 4.85. The third-order valence-electron chi connectivity index (χ3n) is 2.93. The van der Waals surface area contributed by atoms with Crippen molar-refractivity contribution in [3.63, 3.8) is 0 Å². The summed E-state index contributed by atoms with van der Waals surface area (Å²) in [5, 5.41) is 12.2. The summed E-state index contributed by atoms with van der Waals surface area (Å²) < 4.78 is 32.2. The maximum absolute atomic E-state index is 13.2. The lowest BCUT2D eigenvalue weighted by Gasteiger charge is -2.11. The average Bonchev–Trinajstić information content (AvgIpc) is 2.97. The van der Waals surface area contributed by atoms with Gasteiger partial charge in [-0.2, -0.15) is 0 Å². The van der Waals surface area contributed by atoms with Crippen LogP contribution < -0.4 is 4.74 Å². The molecule has 0 saturated carbocycles. The molecular formula is C16H9BrF2O2S. The Morgan fingerprint density at radius 3 is 2.41 bits per heavy atom. The maximum atomic E-state index is 13.2. The van der Waals surface area contributed by atoms with E-state index in [0.717, 1.165) is 28.6 Å². The van der Waals surface area contributed by atoms with Gasteiger partial charge in [0.05, 0.1) is 4.47 Å². The van der Waals surface area contributed by atoms with Crippen LogP contribution in [0.15, 0.2) is 52.3 Å². The summed E-state index contributed by atoms with van der Waals surface area (Å²) in [6.07, 6.45) is 0. The minimum absolute atomic E-state index is 0.0245. The first kappa shape index (κ1) is 15.0. The van der Waals surface area contributed by atoms with Gasteiger partial charge in [-0.25, -0.2) is 8.78 Å². The van der Waals surface area contributed by atoms with E-state index in [1.165, 1.54) is 11.3 Å². The van der Waals surface area contributed by atoms with Crippen molar-refractivity contribution in [2.75, 3.05) is 0 Å². The van der Waals surface area contributed by atoms with Gasteiger partial charge in [0, 0.05) is 28.6 Å². The van der Waals surface area contributed by atoms with Crippen LogP contribution in [0.4, 0.5) is 8.78 Å². The highest BCUT2D eigenvalue weighted by atomic mass is 79.9. The summed E-state index contributed by atoms with van der Waals surface area (Å²) in [5.41, 5.74) is 0.810. The van der Waals surface area contributed by atoms with E-state index in [2.05, 4.69) is 15.9 Å². The number of rotatable bonds is 3. The second-order valence-electron chi connectivity index (χ2n) is 4.46. The number of benzene rings is 2. The summed E-state index contributed by atoms with van der Waals surface area (Å²) in [6, 6.07) is 9.99. The second kappa shape index (κ2) is 6.06. The van der Waals surface area contributed by atoms with Gasteiger partial charge < -0.3 is 9.84 Å². The van der Waals surface area contributed by atoms with Crippen molar-refractivity contribution in [2.45, 2.75) is 0 Å². The standard InChI is InChI=1S/C16H9BrF2O2S/c17-15-12(14-2-1-5-22-14)3-4-13(16(15)20)21-11-7-9(18)6-10(19)8-11/h1-8,20H. The Bertz CT molecular complexity index is 799. The molecule has 0 saturated heterocycles. The predicted octanol–water partition coefficient (Wildman–Crippen LogP) is 5.95. The zero-order chi connectivity index (χ0) is 15.7. The lowest BCUT2D eigenvalue weighted by Crippen LogP contribution is -1.89. The van der Waals surface area contributed by atoms with Gasteiger partial charge in [0.1, 0.15) is 17.4 Å². The number of aromatic hydroxyl groups is 1. The SMILES string of the molecule is Oc1c(Oc2cc(F)cc(F)c2)ccc(-c2cccs2)c1Br. The minimum atomic E-state index is -0.747. The molecule has 3 aromatic rings. The first-order valence-electron chi connectivity index (χ1n) is 6.24. The van der Waals surface area contributed by atoms with E-state index in [1.807, 2.05) is 17.5 Å². The smallest absolute Gasteiger partial charge is 0.173 e. The van der Waals surface area contributed by atoms with Crippen molar-refractivity contribution in [3.8, 4) is 27.7 Å². The van der Waals surface area contributed by atoms with E-state index in [1.54, 1.807) is 12.1 Å². The lowest BCUT2D eigenvalue weighted by molar-refractivity contribution is 0.405. The van der Waals surface area contributed by atoms with Gasteiger partial charge in [-0.15, -0.1) is 11.3 Å². The molecule has 0 unspecified atom stereocenters. The molecule has 0 atom stereocenters. The molecule has 1 heterocycles. The van der Waals surface area contributed by atoms with Gasteiger partial charge in [-0.3, -0.25) is 0 Å². The Balaban J connectivity index is 1.97. The number of thiophene rings is 1. The van der Waals surface area contributed by atoms with Gasteiger partial charge in [-0.05, 0) is 39.5 Å². The van der Waals surface area contributed by atoms with Crippen LogP contribution >= 0.6 is 27.3 Å². The summed E-state index contributed by atoms with van der Waals surface area (Å²) in [4.78, 5) is 0.977. The van der Waals surface area contributed by atoms with Crippen LogP contribution in [0, 0.1) is 11.6 Å². The highest BCUT2D eigenvalue weighted by Crippen LogP contribution is 2.43. The first-order valence-corrected chi connectivity index (χ1v) is 7.91. The molecular weight excluding hydrogens is 374 g/mol. The Morgan fingerprint density at radius 2 is 1.77 bits per heavy atom. The van der Waals surface area contributed by atoms with E-state index >= 15 is 0 Å². The fourth-order valence-electron chi connectivity index (χ4n) is 1.97. The number of phenolic OH excluding ortho intramolecular Hbond substituents is 1. The van der Waals surface area contributed by atoms with Gasteiger partial charge in [0.2, 0.25) is 0 Å². The maximum Gasteiger partial charge on any atom is 0.173 e. The molecule has 6 heteroatoms. The van der Waals surface area contributed by atoms with Crippen molar-refractivity contribution >= 4 is 27.3 Å². The Kier molecular flexibility index (Phi) is 4.13. The summed E-state index contributed by atoms with van der Waals surface area (Å²) in [5.74, 6) is -1.54. The quantitative estimate of drug-likeness (QED) is 0.605. The molecule has 2 aromatic carbocycles. The number of phenols is 1. The molecule has 0 bridgehead atoms. The molecule has 0 aliphatic carbocycles. The van der Waals surface area contributed by atoms with Crippen molar-refractivity contribution in [1.29, 1.82) is 0 Å². The molecule has 0 aliphatic rings. The van der Waals surface area contributed by atoms with Crippen molar-refractivity contribution in [3.05, 3.63) is 64.0 Å². The Morgan fingerprint density at radius 1 is 1.05 bits per heavy atom. The Labute approximate surface area is 137 Å². The monoisotopic (exact) mass is 382 g/mol. The number of hydrogen-bond acceptors (Lipinski definition) is 3. The molecule has 0 spiro atoms. The van der Waals surface area contributed by atoms with Gasteiger partial charge in [0.25, 0.3) is 0 Å².